The number of aryl methyl sites for hydroxylation is 2. The van der Waals surface area contributed by atoms with Gasteiger partial charge in [0.25, 0.3) is 0 Å². The molecule has 2 aromatic heterocycles. The SMILES string of the molecule is Cc1nn(C)c(NC(C)c2nccs2)c1C(N)=S. The van der Waals surface area contributed by atoms with Crippen molar-refractivity contribution in [2.75, 3.05) is 5.32 Å². The highest BCUT2D eigenvalue weighted by molar-refractivity contribution is 7.80. The number of nitrogens with two attached hydrogens (primary N) is 1. The Labute approximate surface area is 115 Å². The van der Waals surface area contributed by atoms with Gasteiger partial charge in [-0.25, -0.2) is 4.98 Å². The number of hydrogen-bond acceptors (Lipinski definition) is 5. The van der Waals surface area contributed by atoms with Crippen LogP contribution in [0.25, 0.3) is 0 Å². The van der Waals surface area contributed by atoms with Crippen molar-refractivity contribution in [2.24, 2.45) is 12.8 Å². The predicted molar refractivity (Wildman–Crippen MR) is 78.0 cm³/mol. The van der Waals surface area contributed by atoms with Crippen molar-refractivity contribution >= 4 is 34.4 Å². The third-order valence-corrected chi connectivity index (χ3v) is 3.81. The number of thiazole rings is 1. The van der Waals surface area contributed by atoms with Crippen LogP contribution in [-0.4, -0.2) is 19.8 Å². The second-order valence-electron chi connectivity index (χ2n) is 4.03. The molecular weight excluding hydrogens is 266 g/mol. The standard InChI is InChI=1S/C11H15N5S2/c1-6-8(9(12)17)10(16(3)15-6)14-7(2)11-13-4-5-18-11/h4-5,7,14H,1-3H3,(H2,12,17). The van der Waals surface area contributed by atoms with Gasteiger partial charge in [-0.2, -0.15) is 5.10 Å². The fraction of sp³-hybridized carbons (Fsp3) is 0.364. The number of nitrogens with zero attached hydrogens (tertiary/aromatic N) is 3. The summed E-state index contributed by atoms with van der Waals surface area (Å²) in [6.07, 6.45) is 1.79. The zero-order chi connectivity index (χ0) is 13.3. The molecule has 3 N–H and O–H groups in total. The Bertz CT molecular complexity index is 558. The van der Waals surface area contributed by atoms with Crippen LogP contribution in [-0.2, 0) is 7.05 Å². The molecule has 0 spiro atoms. The molecule has 1 unspecified atom stereocenters. The molecule has 2 aromatic rings. The van der Waals surface area contributed by atoms with E-state index in [4.69, 9.17) is 18.0 Å². The minimum atomic E-state index is 0.0906. The van der Waals surface area contributed by atoms with Crippen LogP contribution in [0.3, 0.4) is 0 Å². The van der Waals surface area contributed by atoms with E-state index in [1.165, 1.54) is 0 Å². The summed E-state index contributed by atoms with van der Waals surface area (Å²) >= 11 is 6.68. The van der Waals surface area contributed by atoms with Gasteiger partial charge in [0.05, 0.1) is 17.3 Å². The molecule has 0 aliphatic rings. The molecule has 1 atom stereocenters. The third kappa shape index (κ3) is 2.37. The first-order valence-electron chi connectivity index (χ1n) is 5.50. The van der Waals surface area contributed by atoms with Crippen molar-refractivity contribution in [3.05, 3.63) is 27.8 Å². The maximum Gasteiger partial charge on any atom is 0.135 e. The molecule has 0 aliphatic heterocycles. The number of anilines is 1. The van der Waals surface area contributed by atoms with Crippen LogP contribution in [0.5, 0.6) is 0 Å². The molecular formula is C11H15N5S2. The summed E-state index contributed by atoms with van der Waals surface area (Å²) in [4.78, 5) is 4.64. The van der Waals surface area contributed by atoms with Crippen molar-refractivity contribution in [3.63, 3.8) is 0 Å². The van der Waals surface area contributed by atoms with Crippen molar-refractivity contribution in [1.82, 2.24) is 14.8 Å². The molecule has 0 fully saturated rings. The maximum absolute atomic E-state index is 5.75. The molecule has 0 amide bonds. The summed E-state index contributed by atoms with van der Waals surface area (Å²) < 4.78 is 1.76. The van der Waals surface area contributed by atoms with Gasteiger partial charge in [-0.1, -0.05) is 12.2 Å². The van der Waals surface area contributed by atoms with E-state index in [9.17, 15) is 0 Å². The number of hydrogen-bond donors (Lipinski definition) is 2. The minimum Gasteiger partial charge on any atom is -0.389 e. The highest BCUT2D eigenvalue weighted by Crippen LogP contribution is 2.25. The van der Waals surface area contributed by atoms with Crippen LogP contribution >= 0.6 is 23.6 Å². The second kappa shape index (κ2) is 5.03. The van der Waals surface area contributed by atoms with E-state index in [1.54, 1.807) is 22.2 Å². The molecule has 0 saturated heterocycles. The Morgan fingerprint density at radius 1 is 1.61 bits per heavy atom. The fourth-order valence-corrected chi connectivity index (χ4v) is 2.72. The Morgan fingerprint density at radius 3 is 2.89 bits per heavy atom. The van der Waals surface area contributed by atoms with Crippen molar-refractivity contribution in [1.29, 1.82) is 0 Å². The first-order chi connectivity index (χ1) is 8.50. The van der Waals surface area contributed by atoms with E-state index in [1.807, 2.05) is 26.3 Å². The van der Waals surface area contributed by atoms with Gasteiger partial charge in [0.1, 0.15) is 15.8 Å². The topological polar surface area (TPSA) is 68.8 Å². The second-order valence-corrected chi connectivity index (χ2v) is 5.40. The summed E-state index contributed by atoms with van der Waals surface area (Å²) in [5.74, 6) is 0.836. The zero-order valence-corrected chi connectivity index (χ0v) is 12.1. The quantitative estimate of drug-likeness (QED) is 0.839. The van der Waals surface area contributed by atoms with E-state index >= 15 is 0 Å². The smallest absolute Gasteiger partial charge is 0.135 e. The first-order valence-corrected chi connectivity index (χ1v) is 6.78. The highest BCUT2D eigenvalue weighted by Gasteiger charge is 2.18. The lowest BCUT2D eigenvalue weighted by molar-refractivity contribution is 0.741. The summed E-state index contributed by atoms with van der Waals surface area (Å²) in [7, 11) is 1.87. The normalized spacial score (nSPS) is 12.4. The summed E-state index contributed by atoms with van der Waals surface area (Å²) in [5.41, 5.74) is 7.38. The largest absolute Gasteiger partial charge is 0.389 e. The van der Waals surface area contributed by atoms with Gasteiger partial charge in [0.15, 0.2) is 0 Å². The predicted octanol–water partition coefficient (Wildman–Crippen LogP) is 1.99. The molecule has 0 saturated carbocycles. The van der Waals surface area contributed by atoms with Gasteiger partial charge >= 0.3 is 0 Å². The summed E-state index contributed by atoms with van der Waals surface area (Å²) in [6.45, 7) is 3.94. The molecule has 7 heteroatoms. The molecule has 96 valence electrons. The van der Waals surface area contributed by atoms with Crippen molar-refractivity contribution in [2.45, 2.75) is 19.9 Å². The van der Waals surface area contributed by atoms with E-state index in [0.717, 1.165) is 22.1 Å². The molecule has 5 nitrogen and oxygen atoms in total. The maximum atomic E-state index is 5.75. The zero-order valence-electron chi connectivity index (χ0n) is 10.5. The number of rotatable bonds is 4. The molecule has 2 rings (SSSR count). The summed E-state index contributed by atoms with van der Waals surface area (Å²) in [6, 6.07) is 0.0906. The molecule has 0 radical (unpaired) electrons. The monoisotopic (exact) mass is 281 g/mol. The lowest BCUT2D eigenvalue weighted by Gasteiger charge is -2.14. The van der Waals surface area contributed by atoms with Crippen LogP contribution in [0.1, 0.15) is 29.2 Å². The van der Waals surface area contributed by atoms with Crippen molar-refractivity contribution in [3.8, 4) is 0 Å². The Hall–Kier alpha value is -1.47. The number of aromatic nitrogens is 3. The van der Waals surface area contributed by atoms with E-state index < -0.39 is 0 Å². The molecule has 0 bridgehead atoms. The Balaban J connectivity index is 2.31. The van der Waals surface area contributed by atoms with E-state index in [0.29, 0.717) is 4.99 Å². The molecule has 18 heavy (non-hydrogen) atoms. The number of nitrogens with one attached hydrogen (secondary N) is 1. The van der Waals surface area contributed by atoms with Gasteiger partial charge in [0, 0.05) is 18.6 Å². The van der Waals surface area contributed by atoms with Crippen LogP contribution in [0, 0.1) is 6.92 Å². The van der Waals surface area contributed by atoms with Crippen molar-refractivity contribution < 1.29 is 0 Å². The van der Waals surface area contributed by atoms with Gasteiger partial charge in [-0.05, 0) is 13.8 Å². The van der Waals surface area contributed by atoms with E-state index in [-0.39, 0.29) is 6.04 Å². The van der Waals surface area contributed by atoms with Crippen LogP contribution in [0.4, 0.5) is 5.82 Å². The van der Waals surface area contributed by atoms with Gasteiger partial charge in [0.2, 0.25) is 0 Å². The van der Waals surface area contributed by atoms with Gasteiger partial charge in [-0.15, -0.1) is 11.3 Å². The lowest BCUT2D eigenvalue weighted by atomic mass is 10.2. The summed E-state index contributed by atoms with van der Waals surface area (Å²) in [5, 5.41) is 10.7. The molecule has 0 aliphatic carbocycles. The Kier molecular flexibility index (Phi) is 3.63. The molecule has 0 aromatic carbocycles. The average molecular weight is 281 g/mol. The number of thiocarbonyl (C=S) groups is 1. The lowest BCUT2D eigenvalue weighted by Crippen LogP contribution is -2.16. The average Bonchev–Trinajstić information content (AvgIpc) is 2.87. The third-order valence-electron chi connectivity index (χ3n) is 2.64. The molecule has 2 heterocycles. The van der Waals surface area contributed by atoms with Gasteiger partial charge < -0.3 is 11.1 Å². The Morgan fingerprint density at radius 2 is 2.33 bits per heavy atom. The van der Waals surface area contributed by atoms with Crippen LogP contribution in [0.2, 0.25) is 0 Å². The van der Waals surface area contributed by atoms with Crippen LogP contribution in [0.15, 0.2) is 11.6 Å². The van der Waals surface area contributed by atoms with Gasteiger partial charge in [-0.3, -0.25) is 4.68 Å². The minimum absolute atomic E-state index is 0.0906. The fourth-order valence-electron chi connectivity index (χ4n) is 1.83. The first kappa shape index (κ1) is 13.0. The highest BCUT2D eigenvalue weighted by atomic mass is 32.1. The van der Waals surface area contributed by atoms with Crippen LogP contribution < -0.4 is 11.1 Å². The van der Waals surface area contributed by atoms with E-state index in [2.05, 4.69) is 15.4 Å².